The van der Waals surface area contributed by atoms with Gasteiger partial charge in [-0.05, 0) is 73.5 Å². The summed E-state index contributed by atoms with van der Waals surface area (Å²) >= 11 is 2.49. The van der Waals surface area contributed by atoms with Gasteiger partial charge in [-0.2, -0.15) is 0 Å². The van der Waals surface area contributed by atoms with Crippen molar-refractivity contribution in [1.82, 2.24) is 29.6 Å². The number of hydrogen-bond acceptors (Lipinski definition) is 11. The van der Waals surface area contributed by atoms with Crippen molar-refractivity contribution in [2.45, 2.75) is 128 Å². The zero-order chi connectivity index (χ0) is 46.5. The van der Waals surface area contributed by atoms with Gasteiger partial charge < -0.3 is 36.4 Å². The number of benzene rings is 1. The average Bonchev–Trinajstić information content (AvgIpc) is 4.05. The summed E-state index contributed by atoms with van der Waals surface area (Å²) < 4.78 is 0. The van der Waals surface area contributed by atoms with Crippen molar-refractivity contribution in [3.05, 3.63) is 62.0 Å². The molecule has 6 N–H and O–H groups in total. The van der Waals surface area contributed by atoms with Crippen LogP contribution >= 0.6 is 22.7 Å². The number of carbonyl (C=O) groups excluding carboxylic acids is 4. The van der Waals surface area contributed by atoms with Crippen LogP contribution in [0.1, 0.15) is 126 Å². The number of likely N-dealkylation sites (N-methyl/N-ethyl adjacent to an activating group) is 2. The van der Waals surface area contributed by atoms with Crippen molar-refractivity contribution in [2.24, 2.45) is 23.3 Å². The molecule has 3 aliphatic heterocycles. The molecule has 17 nitrogen and oxygen atoms in total. The highest BCUT2D eigenvalue weighted by Crippen LogP contribution is 2.50. The van der Waals surface area contributed by atoms with Crippen LogP contribution in [-0.4, -0.2) is 115 Å². The molecule has 0 aliphatic carbocycles. The number of rotatable bonds is 13. The van der Waals surface area contributed by atoms with E-state index in [-0.39, 0.29) is 55.3 Å². The fraction of sp³-hybridized carbons (Fsp3) is 0.591. The summed E-state index contributed by atoms with van der Waals surface area (Å²) in [7, 11) is 2.69. The van der Waals surface area contributed by atoms with Crippen molar-refractivity contribution < 1.29 is 39.0 Å². The van der Waals surface area contributed by atoms with E-state index in [1.165, 1.54) is 46.6 Å². The minimum Gasteiger partial charge on any atom is -0.465 e. The Morgan fingerprint density at radius 1 is 0.714 bits per heavy atom. The summed E-state index contributed by atoms with van der Waals surface area (Å²) in [6.07, 6.45) is 0.138. The van der Waals surface area contributed by atoms with Gasteiger partial charge in [0.2, 0.25) is 11.8 Å². The lowest BCUT2D eigenvalue weighted by atomic mass is 9.87. The fourth-order valence-electron chi connectivity index (χ4n) is 9.90. The van der Waals surface area contributed by atoms with E-state index in [4.69, 9.17) is 21.4 Å². The van der Waals surface area contributed by atoms with Gasteiger partial charge in [-0.3, -0.25) is 29.0 Å². The maximum absolute atomic E-state index is 14.3. The van der Waals surface area contributed by atoms with Gasteiger partial charge in [-0.25, -0.2) is 19.6 Å². The van der Waals surface area contributed by atoms with Crippen molar-refractivity contribution in [3.63, 3.8) is 0 Å². The van der Waals surface area contributed by atoms with Crippen molar-refractivity contribution in [3.8, 4) is 0 Å². The van der Waals surface area contributed by atoms with Crippen LogP contribution in [0.15, 0.2) is 35.0 Å². The molecular weight excluding hydrogens is 847 g/mol. The Balaban J connectivity index is 1.40. The summed E-state index contributed by atoms with van der Waals surface area (Å²) in [5, 5.41) is 24.2. The molecule has 6 rings (SSSR count). The largest absolute Gasteiger partial charge is 0.465 e. The number of nitrogens with two attached hydrogens (primary N) is 2. The standard InChI is InChI=1S/C44H61N9O8S2/c1-24(2)32(49(8)40(58)59)34(54)51-20-10-18-43(51,36(45)56)38-47-28(22-62-38)30-16-17-31(53(30)27-14-12-26(13-15-27)42(5,6)7)29-23-63-39(48-29)44(37(46)57)19-11-21-52(44)35(55)33(25(3)4)50(9)41(60)61/h12-15,22-25,30-33H,10-11,16-21H2,1-9H3,(H2,45,56)(H2,46,57)(H,58,59)(H,60,61)/t30-,31-,32+,33+,43+,44+/m1/s1. The first-order valence-electron chi connectivity index (χ1n) is 21.5. The number of likely N-dealkylation sites (tertiary alicyclic amines) is 2. The number of primary amides is 2. The number of thiazole rings is 2. The first kappa shape index (κ1) is 47.2. The molecule has 63 heavy (non-hydrogen) atoms. The van der Waals surface area contributed by atoms with Gasteiger partial charge in [0.15, 0.2) is 11.1 Å². The molecule has 5 heterocycles. The Morgan fingerprint density at radius 2 is 1.10 bits per heavy atom. The van der Waals surface area contributed by atoms with E-state index < -0.39 is 59.0 Å². The van der Waals surface area contributed by atoms with E-state index in [2.05, 4.69) is 49.9 Å². The highest BCUT2D eigenvalue weighted by Gasteiger charge is 2.56. The Kier molecular flexibility index (Phi) is 13.3. The second-order valence-corrected chi connectivity index (χ2v) is 20.5. The Labute approximate surface area is 376 Å². The molecule has 3 aromatic rings. The number of carbonyl (C=O) groups is 6. The van der Waals surface area contributed by atoms with Gasteiger partial charge in [-0.1, -0.05) is 60.6 Å². The molecule has 3 aliphatic rings. The highest BCUT2D eigenvalue weighted by atomic mass is 32.1. The van der Waals surface area contributed by atoms with Crippen LogP contribution in [0.5, 0.6) is 0 Å². The summed E-state index contributed by atoms with van der Waals surface area (Å²) in [6, 6.07) is 5.57. The number of nitrogens with zero attached hydrogens (tertiary/aromatic N) is 7. The van der Waals surface area contributed by atoms with E-state index in [0.29, 0.717) is 47.1 Å². The first-order chi connectivity index (χ1) is 29.5. The van der Waals surface area contributed by atoms with Crippen LogP contribution < -0.4 is 16.4 Å². The molecular formula is C44H61N9O8S2. The molecule has 0 radical (unpaired) electrons. The fourth-order valence-corrected chi connectivity index (χ4v) is 12.1. The van der Waals surface area contributed by atoms with E-state index in [0.717, 1.165) is 21.1 Å². The zero-order valence-corrected chi connectivity index (χ0v) is 39.2. The van der Waals surface area contributed by atoms with Gasteiger partial charge in [0.25, 0.3) is 11.8 Å². The second kappa shape index (κ2) is 17.7. The van der Waals surface area contributed by atoms with Gasteiger partial charge >= 0.3 is 12.2 Å². The molecule has 2 aromatic heterocycles. The minimum atomic E-state index is -1.57. The molecule has 3 saturated heterocycles. The Morgan fingerprint density at radius 3 is 1.41 bits per heavy atom. The van der Waals surface area contributed by atoms with Crippen LogP contribution in [0.2, 0.25) is 0 Å². The molecule has 0 spiro atoms. The van der Waals surface area contributed by atoms with Crippen molar-refractivity contribution >= 4 is 64.2 Å². The van der Waals surface area contributed by atoms with E-state index >= 15 is 0 Å². The molecule has 3 fully saturated rings. The normalized spacial score (nSPS) is 23.6. The third-order valence-electron chi connectivity index (χ3n) is 13.2. The van der Waals surface area contributed by atoms with E-state index in [1.807, 2.05) is 10.8 Å². The number of aromatic nitrogens is 2. The molecule has 1 aromatic carbocycles. The average molecular weight is 908 g/mol. The molecule has 19 heteroatoms. The Hall–Kier alpha value is -5.30. The Bertz CT molecular complexity index is 2110. The van der Waals surface area contributed by atoms with Gasteiger partial charge in [-0.15, -0.1) is 22.7 Å². The predicted octanol–water partition coefficient (Wildman–Crippen LogP) is 5.85. The number of amides is 6. The smallest absolute Gasteiger partial charge is 0.407 e. The van der Waals surface area contributed by atoms with E-state index in [9.17, 15) is 39.0 Å². The number of anilines is 1. The summed E-state index contributed by atoms with van der Waals surface area (Å²) in [5.41, 5.74) is 12.5. The number of hydrogen-bond donors (Lipinski definition) is 4. The quantitative estimate of drug-likeness (QED) is 0.159. The van der Waals surface area contributed by atoms with E-state index in [1.54, 1.807) is 27.7 Å². The maximum Gasteiger partial charge on any atom is 0.407 e. The molecule has 0 unspecified atom stereocenters. The molecule has 0 bridgehead atoms. The molecule has 6 atom stereocenters. The van der Waals surface area contributed by atoms with Crippen molar-refractivity contribution in [1.29, 1.82) is 0 Å². The monoisotopic (exact) mass is 907 g/mol. The van der Waals surface area contributed by atoms with Crippen LogP contribution in [0, 0.1) is 11.8 Å². The summed E-state index contributed by atoms with van der Waals surface area (Å²) in [5.74, 6) is -3.26. The second-order valence-electron chi connectivity index (χ2n) is 18.8. The first-order valence-corrected chi connectivity index (χ1v) is 23.2. The lowest BCUT2D eigenvalue weighted by molar-refractivity contribution is -0.148. The molecule has 0 saturated carbocycles. The van der Waals surface area contributed by atoms with Crippen LogP contribution in [0.4, 0.5) is 15.3 Å². The topological polar surface area (TPSA) is 237 Å². The predicted molar refractivity (Wildman–Crippen MR) is 239 cm³/mol. The lowest BCUT2D eigenvalue weighted by Gasteiger charge is -2.39. The summed E-state index contributed by atoms with van der Waals surface area (Å²) in [4.78, 5) is 97.2. The molecule has 6 amide bonds. The van der Waals surface area contributed by atoms with Crippen LogP contribution in [0.25, 0.3) is 0 Å². The maximum atomic E-state index is 14.3. The number of carboxylic acid groups (broad SMARTS) is 2. The highest BCUT2D eigenvalue weighted by molar-refractivity contribution is 7.10. The minimum absolute atomic E-state index is 0.112. The van der Waals surface area contributed by atoms with Crippen molar-refractivity contribution in [2.75, 3.05) is 32.1 Å². The van der Waals surface area contributed by atoms with Gasteiger partial charge in [0, 0.05) is 43.6 Å². The van der Waals surface area contributed by atoms with Gasteiger partial charge in [0.1, 0.15) is 22.1 Å². The zero-order valence-electron chi connectivity index (χ0n) is 37.5. The lowest BCUT2D eigenvalue weighted by Crippen LogP contribution is -2.59. The third-order valence-corrected chi connectivity index (χ3v) is 15.2. The van der Waals surface area contributed by atoms with Gasteiger partial charge in [0.05, 0.1) is 23.5 Å². The van der Waals surface area contributed by atoms with Crippen LogP contribution in [-0.2, 0) is 35.7 Å². The third kappa shape index (κ3) is 8.22. The molecule has 342 valence electrons. The summed E-state index contributed by atoms with van der Waals surface area (Å²) in [6.45, 7) is 13.9. The van der Waals surface area contributed by atoms with Crippen LogP contribution in [0.3, 0.4) is 0 Å². The SMILES string of the molecule is CC(C)[C@@H](C(=O)N1CCC[C@]1(C(N)=O)c1nc([C@H]2CC[C@H](c3csc([C@@]4(C(N)=O)CCCN4C(=O)[C@H](C(C)C)N(C)C(=O)O)n3)N2c2ccc(C(C)(C)C)cc2)cs1)N(C)C(=O)O.